The Kier molecular flexibility index (Phi) is 4.53. The van der Waals surface area contributed by atoms with Crippen LogP contribution in [0.25, 0.3) is 0 Å². The molecular weight excluding hydrogens is 260 g/mol. The number of anilines is 1. The number of hydrogen-bond acceptors (Lipinski definition) is 3. The highest BCUT2D eigenvalue weighted by Gasteiger charge is 2.14. The van der Waals surface area contributed by atoms with Gasteiger partial charge in [0.15, 0.2) is 0 Å². The molecule has 0 aliphatic carbocycles. The maximum atomic E-state index is 9.58. The topological polar surface area (TPSA) is 44.3 Å². The monoisotopic (exact) mass is 282 g/mol. The van der Waals surface area contributed by atoms with Gasteiger partial charge in [-0.05, 0) is 29.5 Å². The fraction of sp³-hybridized carbons (Fsp3) is 0.333. The first kappa shape index (κ1) is 14.1. The molecule has 3 heteroatoms. The molecule has 0 fully saturated rings. The number of para-hydroxylation sites is 1. The molecule has 1 aliphatic heterocycles. The molecule has 0 saturated carbocycles. The third-order valence-corrected chi connectivity index (χ3v) is 4.06. The molecule has 1 atom stereocenters. The van der Waals surface area contributed by atoms with E-state index in [9.17, 15) is 5.11 Å². The van der Waals surface area contributed by atoms with Gasteiger partial charge in [-0.1, -0.05) is 48.5 Å². The molecule has 0 bridgehead atoms. The van der Waals surface area contributed by atoms with Crippen molar-refractivity contribution in [3.8, 4) is 0 Å². The molecule has 0 spiro atoms. The Morgan fingerprint density at radius 2 is 1.95 bits per heavy atom. The van der Waals surface area contributed by atoms with Gasteiger partial charge in [-0.15, -0.1) is 0 Å². The summed E-state index contributed by atoms with van der Waals surface area (Å²) in [5, 5.41) is 16.5. The van der Waals surface area contributed by atoms with Crippen molar-refractivity contribution in [1.29, 1.82) is 0 Å². The van der Waals surface area contributed by atoms with Crippen molar-refractivity contribution in [3.05, 3.63) is 65.2 Å². The fourth-order valence-electron chi connectivity index (χ4n) is 2.91. The molecule has 0 unspecified atom stereocenters. The Hall–Kier alpha value is -1.84. The smallest absolute Gasteiger partial charge is 0.0587 e. The first-order valence-electron chi connectivity index (χ1n) is 7.59. The minimum Gasteiger partial charge on any atom is -0.395 e. The maximum absolute atomic E-state index is 9.58. The van der Waals surface area contributed by atoms with Crippen molar-refractivity contribution in [2.24, 2.45) is 0 Å². The Balaban J connectivity index is 1.62. The van der Waals surface area contributed by atoms with Crippen LogP contribution in [0.5, 0.6) is 0 Å². The summed E-state index contributed by atoms with van der Waals surface area (Å²) in [6.07, 6.45) is 1.95. The molecule has 0 aromatic heterocycles. The molecule has 1 heterocycles. The zero-order valence-electron chi connectivity index (χ0n) is 12.2. The molecule has 0 radical (unpaired) electrons. The number of rotatable bonds is 6. The number of aliphatic hydroxyl groups is 1. The van der Waals surface area contributed by atoms with Crippen LogP contribution in [0.4, 0.5) is 5.69 Å². The molecule has 0 saturated heterocycles. The lowest BCUT2D eigenvalue weighted by atomic mass is 10.0. The van der Waals surface area contributed by atoms with E-state index in [4.69, 9.17) is 0 Å². The molecule has 2 aromatic carbocycles. The number of fused-ring (bicyclic) bond motifs is 1. The number of nitrogens with one attached hydrogen (secondary N) is 2. The molecule has 0 amide bonds. The number of benzene rings is 2. The van der Waals surface area contributed by atoms with Gasteiger partial charge in [0.05, 0.1) is 6.61 Å². The van der Waals surface area contributed by atoms with Crippen LogP contribution in [0.15, 0.2) is 48.5 Å². The van der Waals surface area contributed by atoms with Gasteiger partial charge in [0.25, 0.3) is 0 Å². The van der Waals surface area contributed by atoms with E-state index in [1.54, 1.807) is 0 Å². The van der Waals surface area contributed by atoms with Gasteiger partial charge in [-0.25, -0.2) is 0 Å². The molecular formula is C18H22N2O. The van der Waals surface area contributed by atoms with E-state index in [0.717, 1.165) is 25.9 Å². The van der Waals surface area contributed by atoms with Crippen LogP contribution in [0.2, 0.25) is 0 Å². The highest BCUT2D eigenvalue weighted by molar-refractivity contribution is 5.61. The van der Waals surface area contributed by atoms with Gasteiger partial charge in [-0.2, -0.15) is 0 Å². The van der Waals surface area contributed by atoms with E-state index < -0.39 is 0 Å². The predicted octanol–water partition coefficient (Wildman–Crippen LogP) is 2.35. The van der Waals surface area contributed by atoms with Crippen molar-refractivity contribution in [3.63, 3.8) is 0 Å². The summed E-state index contributed by atoms with van der Waals surface area (Å²) in [6.45, 7) is 1.96. The number of aliphatic hydroxyl groups excluding tert-OH is 1. The Labute approximate surface area is 126 Å². The molecule has 21 heavy (non-hydrogen) atoms. The van der Waals surface area contributed by atoms with Gasteiger partial charge in [-0.3, -0.25) is 0 Å². The second-order valence-electron chi connectivity index (χ2n) is 5.58. The lowest BCUT2D eigenvalue weighted by Gasteiger charge is -2.18. The summed E-state index contributed by atoms with van der Waals surface area (Å²) < 4.78 is 0. The normalized spacial score (nSPS) is 14.5. The van der Waals surface area contributed by atoms with Gasteiger partial charge >= 0.3 is 0 Å². The second kappa shape index (κ2) is 6.74. The fourth-order valence-corrected chi connectivity index (χ4v) is 2.91. The third-order valence-electron chi connectivity index (χ3n) is 4.06. The van der Waals surface area contributed by atoms with Crippen molar-refractivity contribution in [2.75, 3.05) is 18.5 Å². The quantitative estimate of drug-likeness (QED) is 0.762. The van der Waals surface area contributed by atoms with Gasteiger partial charge in [0.1, 0.15) is 0 Å². The summed E-state index contributed by atoms with van der Waals surface area (Å²) in [7, 11) is 0. The molecule has 2 aromatic rings. The van der Waals surface area contributed by atoms with E-state index in [2.05, 4.69) is 41.0 Å². The zero-order valence-corrected chi connectivity index (χ0v) is 12.2. The summed E-state index contributed by atoms with van der Waals surface area (Å²) in [6, 6.07) is 16.9. The molecule has 3 rings (SSSR count). The second-order valence-corrected chi connectivity index (χ2v) is 5.58. The SMILES string of the molecule is OC[C@H](Cc1ccccc1)NCc1cccc2c1NCC2. The summed E-state index contributed by atoms with van der Waals surface area (Å²) in [4.78, 5) is 0. The summed E-state index contributed by atoms with van der Waals surface area (Å²) >= 11 is 0. The van der Waals surface area contributed by atoms with Crippen LogP contribution < -0.4 is 10.6 Å². The summed E-state index contributed by atoms with van der Waals surface area (Å²) in [5.41, 5.74) is 5.22. The molecule has 3 nitrogen and oxygen atoms in total. The molecule has 1 aliphatic rings. The van der Waals surface area contributed by atoms with Gasteiger partial charge in [0.2, 0.25) is 0 Å². The van der Waals surface area contributed by atoms with Gasteiger partial charge < -0.3 is 15.7 Å². The highest BCUT2D eigenvalue weighted by atomic mass is 16.3. The van der Waals surface area contributed by atoms with E-state index in [0.29, 0.717) is 0 Å². The molecule has 110 valence electrons. The van der Waals surface area contributed by atoms with Crippen molar-refractivity contribution < 1.29 is 5.11 Å². The highest BCUT2D eigenvalue weighted by Crippen LogP contribution is 2.26. The minimum atomic E-state index is 0.0876. The minimum absolute atomic E-state index is 0.0876. The van der Waals surface area contributed by atoms with Crippen molar-refractivity contribution in [1.82, 2.24) is 5.32 Å². The largest absolute Gasteiger partial charge is 0.395 e. The van der Waals surface area contributed by atoms with Gasteiger partial charge in [0, 0.05) is 24.8 Å². The zero-order chi connectivity index (χ0) is 14.5. The summed E-state index contributed by atoms with van der Waals surface area (Å²) in [5.74, 6) is 0. The Morgan fingerprint density at radius 1 is 1.10 bits per heavy atom. The Bertz CT molecular complexity index is 583. The van der Waals surface area contributed by atoms with Crippen LogP contribution >= 0.6 is 0 Å². The van der Waals surface area contributed by atoms with E-state index >= 15 is 0 Å². The average molecular weight is 282 g/mol. The van der Waals surface area contributed by atoms with Crippen molar-refractivity contribution in [2.45, 2.75) is 25.4 Å². The van der Waals surface area contributed by atoms with Crippen LogP contribution in [0, 0.1) is 0 Å². The van der Waals surface area contributed by atoms with E-state index in [1.165, 1.54) is 22.4 Å². The lowest BCUT2D eigenvalue weighted by molar-refractivity contribution is 0.241. The van der Waals surface area contributed by atoms with E-state index in [1.807, 2.05) is 18.2 Å². The van der Waals surface area contributed by atoms with Crippen LogP contribution in [0.3, 0.4) is 0 Å². The lowest BCUT2D eigenvalue weighted by Crippen LogP contribution is -2.34. The Morgan fingerprint density at radius 3 is 2.76 bits per heavy atom. The average Bonchev–Trinajstić information content (AvgIpc) is 3.01. The third kappa shape index (κ3) is 3.43. The maximum Gasteiger partial charge on any atom is 0.0587 e. The first-order valence-corrected chi connectivity index (χ1v) is 7.59. The van der Waals surface area contributed by atoms with E-state index in [-0.39, 0.29) is 12.6 Å². The first-order chi connectivity index (χ1) is 10.4. The van der Waals surface area contributed by atoms with Crippen LogP contribution in [-0.4, -0.2) is 24.3 Å². The van der Waals surface area contributed by atoms with Crippen molar-refractivity contribution >= 4 is 5.69 Å². The molecule has 3 N–H and O–H groups in total. The standard InChI is InChI=1S/C18H22N2O/c21-13-17(11-14-5-2-1-3-6-14)20-12-16-8-4-7-15-9-10-19-18(15)16/h1-8,17,19-21H,9-13H2/t17-/m0/s1. The van der Waals surface area contributed by atoms with Crippen LogP contribution in [0.1, 0.15) is 16.7 Å². The van der Waals surface area contributed by atoms with Crippen LogP contribution in [-0.2, 0) is 19.4 Å². The predicted molar refractivity (Wildman–Crippen MR) is 86.5 cm³/mol. The number of hydrogen-bond donors (Lipinski definition) is 3.